The molecule has 0 bridgehead atoms. The minimum absolute atomic E-state index is 0.00284. The zero-order chi connectivity index (χ0) is 29.0. The number of thiophene rings is 1. The third-order valence-corrected chi connectivity index (χ3v) is 8.21. The van der Waals surface area contributed by atoms with Gasteiger partial charge in [0, 0.05) is 42.6 Å². The van der Waals surface area contributed by atoms with Crippen molar-refractivity contribution in [2.45, 2.75) is 58.5 Å². The Morgan fingerprint density at radius 1 is 1.23 bits per heavy atom. The fourth-order valence-corrected chi connectivity index (χ4v) is 5.81. The fraction of sp³-hybridized carbons (Fsp3) is 0.536. The van der Waals surface area contributed by atoms with Crippen LogP contribution in [0, 0.1) is 5.41 Å². The number of nitrogens with one attached hydrogen (secondary N) is 2. The number of alkyl halides is 2. The number of amides is 3. The number of hydrogen-bond donors (Lipinski definition) is 2. The molecular formula is C28H35ClF2N4O4S. The lowest BCUT2D eigenvalue weighted by Gasteiger charge is -2.44. The van der Waals surface area contributed by atoms with Gasteiger partial charge in [0.2, 0.25) is 5.91 Å². The first-order valence-electron chi connectivity index (χ1n) is 13.3. The van der Waals surface area contributed by atoms with E-state index in [-0.39, 0.29) is 54.2 Å². The van der Waals surface area contributed by atoms with Gasteiger partial charge >= 0.3 is 0 Å². The number of anilines is 2. The molecule has 1 aliphatic carbocycles. The van der Waals surface area contributed by atoms with Crippen LogP contribution >= 0.6 is 22.9 Å². The Bertz CT molecular complexity index is 1230. The van der Waals surface area contributed by atoms with Crippen LogP contribution in [0.3, 0.4) is 0 Å². The average molecular weight is 597 g/mol. The summed E-state index contributed by atoms with van der Waals surface area (Å²) in [5.74, 6) is -1.16. The first kappa shape index (κ1) is 30.4. The second-order valence-electron chi connectivity index (χ2n) is 11.3. The highest BCUT2D eigenvalue weighted by Crippen LogP contribution is 2.34. The number of benzene rings is 1. The Labute approximate surface area is 242 Å². The van der Waals surface area contributed by atoms with Crippen molar-refractivity contribution in [3.63, 3.8) is 0 Å². The molecule has 12 heteroatoms. The van der Waals surface area contributed by atoms with Crippen LogP contribution < -0.4 is 15.5 Å². The number of hydrogen-bond acceptors (Lipinski definition) is 6. The summed E-state index contributed by atoms with van der Waals surface area (Å²) in [4.78, 5) is 42.8. The van der Waals surface area contributed by atoms with Crippen molar-refractivity contribution in [3.8, 4) is 0 Å². The molecular weight excluding hydrogens is 562 g/mol. The molecule has 2 aliphatic rings. The van der Waals surface area contributed by atoms with Crippen LogP contribution in [0.5, 0.6) is 0 Å². The second-order valence-corrected chi connectivity index (χ2v) is 13.0. The summed E-state index contributed by atoms with van der Waals surface area (Å²) >= 11 is 7.12. The minimum atomic E-state index is -2.88. The first-order chi connectivity index (χ1) is 18.9. The number of carbonyl (C=O) groups excluding carboxylic acids is 3. The fourth-order valence-electron chi connectivity index (χ4n) is 4.85. The molecule has 2 heterocycles. The van der Waals surface area contributed by atoms with E-state index >= 15 is 0 Å². The number of morpholine rings is 1. The SMILES string of the molecule is CC(C)(C)CN(C1CCC1)[C@H](CNC(=O)c1ccc(Cl)s1)C(=O)Nc1ccc(N2CCOCC2=O)cc1C(F)F. The minimum Gasteiger partial charge on any atom is -0.370 e. The Morgan fingerprint density at radius 2 is 1.98 bits per heavy atom. The Kier molecular flexibility index (Phi) is 9.81. The first-order valence-corrected chi connectivity index (χ1v) is 14.5. The smallest absolute Gasteiger partial charge is 0.265 e. The van der Waals surface area contributed by atoms with Crippen molar-refractivity contribution in [3.05, 3.63) is 45.1 Å². The van der Waals surface area contributed by atoms with Crippen LogP contribution in [0.4, 0.5) is 20.2 Å². The molecule has 2 N–H and O–H groups in total. The van der Waals surface area contributed by atoms with Gasteiger partial charge in [0.1, 0.15) is 12.6 Å². The van der Waals surface area contributed by atoms with E-state index in [0.29, 0.717) is 28.1 Å². The van der Waals surface area contributed by atoms with Crippen LogP contribution in [0.25, 0.3) is 0 Å². The topological polar surface area (TPSA) is 91.0 Å². The Hall–Kier alpha value is -2.60. The van der Waals surface area contributed by atoms with Crippen molar-refractivity contribution in [2.75, 3.05) is 43.1 Å². The van der Waals surface area contributed by atoms with Crippen molar-refractivity contribution in [2.24, 2.45) is 5.41 Å². The van der Waals surface area contributed by atoms with Gasteiger partial charge in [0.25, 0.3) is 18.2 Å². The Morgan fingerprint density at radius 3 is 2.55 bits per heavy atom. The van der Waals surface area contributed by atoms with E-state index in [2.05, 4.69) is 36.3 Å². The number of halogens is 3. The molecule has 1 atom stereocenters. The van der Waals surface area contributed by atoms with Crippen LogP contribution in [-0.4, -0.2) is 67.6 Å². The molecule has 0 radical (unpaired) electrons. The maximum atomic E-state index is 14.2. The monoisotopic (exact) mass is 596 g/mol. The number of nitrogens with zero attached hydrogens (tertiary/aromatic N) is 2. The van der Waals surface area contributed by atoms with Crippen LogP contribution in [0.15, 0.2) is 30.3 Å². The van der Waals surface area contributed by atoms with Crippen LogP contribution in [-0.2, 0) is 14.3 Å². The molecule has 3 amide bonds. The molecule has 0 spiro atoms. The van der Waals surface area contributed by atoms with Gasteiger partial charge < -0.3 is 20.3 Å². The molecule has 1 aliphatic heterocycles. The van der Waals surface area contributed by atoms with Crippen molar-refractivity contribution < 1.29 is 27.9 Å². The van der Waals surface area contributed by atoms with Gasteiger partial charge in [-0.25, -0.2) is 8.78 Å². The summed E-state index contributed by atoms with van der Waals surface area (Å²) < 4.78 is 34.0. The van der Waals surface area contributed by atoms with Gasteiger partial charge in [-0.3, -0.25) is 19.3 Å². The van der Waals surface area contributed by atoms with E-state index in [9.17, 15) is 23.2 Å². The number of carbonyl (C=O) groups is 3. The van der Waals surface area contributed by atoms with Crippen LogP contribution in [0.2, 0.25) is 4.34 Å². The van der Waals surface area contributed by atoms with Gasteiger partial charge in [-0.15, -0.1) is 11.3 Å². The summed E-state index contributed by atoms with van der Waals surface area (Å²) in [5, 5.41) is 5.56. The zero-order valence-electron chi connectivity index (χ0n) is 22.8. The van der Waals surface area contributed by atoms with E-state index in [4.69, 9.17) is 16.3 Å². The lowest BCUT2D eigenvalue weighted by molar-refractivity contribution is -0.126. The van der Waals surface area contributed by atoms with E-state index in [0.717, 1.165) is 30.6 Å². The highest BCUT2D eigenvalue weighted by Gasteiger charge is 2.37. The number of ether oxygens (including phenoxy) is 1. The van der Waals surface area contributed by atoms with Crippen molar-refractivity contribution >= 4 is 52.0 Å². The molecule has 2 aromatic rings. The highest BCUT2D eigenvalue weighted by molar-refractivity contribution is 7.18. The highest BCUT2D eigenvalue weighted by atomic mass is 35.5. The predicted octanol–water partition coefficient (Wildman–Crippen LogP) is 5.34. The third kappa shape index (κ3) is 7.57. The molecule has 40 heavy (non-hydrogen) atoms. The molecule has 1 aromatic carbocycles. The van der Waals surface area contributed by atoms with Gasteiger partial charge in [-0.2, -0.15) is 0 Å². The molecule has 2 fully saturated rings. The summed E-state index contributed by atoms with van der Waals surface area (Å²) in [7, 11) is 0. The van der Waals surface area contributed by atoms with Crippen LogP contribution in [0.1, 0.15) is 61.7 Å². The lowest BCUT2D eigenvalue weighted by atomic mass is 9.86. The van der Waals surface area contributed by atoms with E-state index in [1.165, 1.54) is 17.0 Å². The van der Waals surface area contributed by atoms with E-state index in [1.54, 1.807) is 18.2 Å². The normalized spacial score (nSPS) is 17.2. The molecule has 0 unspecified atom stereocenters. The largest absolute Gasteiger partial charge is 0.370 e. The lowest BCUT2D eigenvalue weighted by Crippen LogP contribution is -2.58. The maximum Gasteiger partial charge on any atom is 0.265 e. The quantitative estimate of drug-likeness (QED) is 0.386. The molecule has 8 nitrogen and oxygen atoms in total. The second kappa shape index (κ2) is 12.9. The van der Waals surface area contributed by atoms with E-state index < -0.39 is 18.4 Å². The zero-order valence-corrected chi connectivity index (χ0v) is 24.4. The molecule has 1 aromatic heterocycles. The number of rotatable bonds is 10. The molecule has 1 saturated carbocycles. The molecule has 1 saturated heterocycles. The predicted molar refractivity (Wildman–Crippen MR) is 152 cm³/mol. The van der Waals surface area contributed by atoms with Gasteiger partial charge in [-0.05, 0) is 48.6 Å². The maximum absolute atomic E-state index is 14.2. The van der Waals surface area contributed by atoms with Gasteiger partial charge in [-0.1, -0.05) is 38.8 Å². The molecule has 4 rings (SSSR count). The van der Waals surface area contributed by atoms with Gasteiger partial charge in [0.15, 0.2) is 0 Å². The molecule has 218 valence electrons. The summed E-state index contributed by atoms with van der Waals surface area (Å²) in [6.07, 6.45) is -0.0141. The van der Waals surface area contributed by atoms with Gasteiger partial charge in [0.05, 0.1) is 15.8 Å². The van der Waals surface area contributed by atoms with E-state index in [1.807, 2.05) is 0 Å². The summed E-state index contributed by atoms with van der Waals surface area (Å²) in [6, 6.07) is 6.78. The third-order valence-electron chi connectivity index (χ3n) is 6.98. The average Bonchev–Trinajstić information content (AvgIpc) is 3.29. The summed E-state index contributed by atoms with van der Waals surface area (Å²) in [5.41, 5.74) is -0.244. The summed E-state index contributed by atoms with van der Waals surface area (Å²) in [6.45, 7) is 7.24. The van der Waals surface area contributed by atoms with Crippen molar-refractivity contribution in [1.29, 1.82) is 0 Å². The van der Waals surface area contributed by atoms with Crippen molar-refractivity contribution in [1.82, 2.24) is 10.2 Å². The standard InChI is InChI=1S/C28H35ClF2N4O4S/c1-28(2,3)16-35(17-5-4-6-17)21(14-32-27(38)22-9-10-23(29)40-22)26(37)33-20-8-7-18(13-19(20)25(30)31)34-11-12-39-15-24(34)36/h7-10,13,17,21,25H,4-6,11-12,14-16H2,1-3H3,(H,32,38)(H,33,37)/t21-/m1/s1. The Balaban J connectivity index is 1.59.